The SMILES string of the molecule is CC1CC(c2cccc(C(F)(F)F)c2)CCN1. The molecule has 0 saturated carbocycles. The molecule has 0 aromatic heterocycles. The fourth-order valence-electron chi connectivity index (χ4n) is 2.40. The summed E-state index contributed by atoms with van der Waals surface area (Å²) in [4.78, 5) is 0. The number of hydrogen-bond acceptors (Lipinski definition) is 1. The molecule has 0 radical (unpaired) electrons. The van der Waals surface area contributed by atoms with Crippen LogP contribution < -0.4 is 5.32 Å². The van der Waals surface area contributed by atoms with Gasteiger partial charge in [0.2, 0.25) is 0 Å². The van der Waals surface area contributed by atoms with E-state index in [1.807, 2.05) is 0 Å². The average molecular weight is 243 g/mol. The standard InChI is InChI=1S/C13H16F3N/c1-9-7-11(5-6-17-9)10-3-2-4-12(8-10)13(14,15)16/h2-4,8-9,11,17H,5-7H2,1H3. The lowest BCUT2D eigenvalue weighted by Gasteiger charge is -2.28. The summed E-state index contributed by atoms with van der Waals surface area (Å²) in [6, 6.07) is 6.11. The van der Waals surface area contributed by atoms with E-state index in [1.54, 1.807) is 6.07 Å². The van der Waals surface area contributed by atoms with Gasteiger partial charge in [0.25, 0.3) is 0 Å². The summed E-state index contributed by atoms with van der Waals surface area (Å²) in [5, 5.41) is 3.30. The highest BCUT2D eigenvalue weighted by atomic mass is 19.4. The number of halogens is 3. The Morgan fingerprint density at radius 1 is 1.29 bits per heavy atom. The molecule has 1 saturated heterocycles. The second kappa shape index (κ2) is 4.69. The van der Waals surface area contributed by atoms with Crippen molar-refractivity contribution in [1.82, 2.24) is 5.32 Å². The number of hydrogen-bond donors (Lipinski definition) is 1. The molecule has 17 heavy (non-hydrogen) atoms. The third-order valence-electron chi connectivity index (χ3n) is 3.31. The molecule has 0 amide bonds. The van der Waals surface area contributed by atoms with E-state index in [0.717, 1.165) is 31.0 Å². The van der Waals surface area contributed by atoms with Gasteiger partial charge in [0.1, 0.15) is 0 Å². The fraction of sp³-hybridized carbons (Fsp3) is 0.538. The zero-order chi connectivity index (χ0) is 12.5. The van der Waals surface area contributed by atoms with E-state index in [2.05, 4.69) is 12.2 Å². The van der Waals surface area contributed by atoms with Crippen LogP contribution in [-0.2, 0) is 6.18 Å². The summed E-state index contributed by atoms with van der Waals surface area (Å²) in [5.74, 6) is 0.244. The van der Waals surface area contributed by atoms with Gasteiger partial charge in [0.15, 0.2) is 0 Å². The second-order valence-corrected chi connectivity index (χ2v) is 4.70. The predicted molar refractivity (Wildman–Crippen MR) is 60.9 cm³/mol. The normalized spacial score (nSPS) is 25.9. The molecule has 2 atom stereocenters. The summed E-state index contributed by atoms with van der Waals surface area (Å²) < 4.78 is 37.8. The van der Waals surface area contributed by atoms with Crippen LogP contribution in [0.25, 0.3) is 0 Å². The molecule has 1 aliphatic heterocycles. The van der Waals surface area contributed by atoms with E-state index < -0.39 is 11.7 Å². The first-order valence-electron chi connectivity index (χ1n) is 5.87. The molecular weight excluding hydrogens is 227 g/mol. The molecule has 1 aliphatic rings. The number of nitrogens with one attached hydrogen (secondary N) is 1. The summed E-state index contributed by atoms with van der Waals surface area (Å²) in [7, 11) is 0. The molecule has 0 spiro atoms. The van der Waals surface area contributed by atoms with Gasteiger partial charge >= 0.3 is 6.18 Å². The van der Waals surface area contributed by atoms with Crippen LogP contribution >= 0.6 is 0 Å². The van der Waals surface area contributed by atoms with E-state index in [4.69, 9.17) is 0 Å². The van der Waals surface area contributed by atoms with Crippen LogP contribution in [-0.4, -0.2) is 12.6 Å². The minimum Gasteiger partial charge on any atom is -0.314 e. The Hall–Kier alpha value is -1.03. The van der Waals surface area contributed by atoms with Gasteiger partial charge < -0.3 is 5.32 Å². The molecule has 1 nitrogen and oxygen atoms in total. The topological polar surface area (TPSA) is 12.0 Å². The maximum absolute atomic E-state index is 12.6. The van der Waals surface area contributed by atoms with Crippen LogP contribution in [0.4, 0.5) is 13.2 Å². The first kappa shape index (κ1) is 12.4. The van der Waals surface area contributed by atoms with Crippen molar-refractivity contribution in [2.75, 3.05) is 6.54 Å². The Morgan fingerprint density at radius 3 is 2.71 bits per heavy atom. The van der Waals surface area contributed by atoms with E-state index in [9.17, 15) is 13.2 Å². The van der Waals surface area contributed by atoms with E-state index in [0.29, 0.717) is 6.04 Å². The Labute approximate surface area is 99.0 Å². The molecule has 0 aliphatic carbocycles. The summed E-state index contributed by atoms with van der Waals surface area (Å²) in [5.41, 5.74) is 0.273. The van der Waals surface area contributed by atoms with Crippen molar-refractivity contribution in [2.45, 2.75) is 37.9 Å². The number of piperidine rings is 1. The summed E-state index contributed by atoms with van der Waals surface area (Å²) >= 11 is 0. The van der Waals surface area contributed by atoms with Crippen LogP contribution in [0.1, 0.15) is 36.8 Å². The first-order chi connectivity index (χ1) is 7.97. The monoisotopic (exact) mass is 243 g/mol. The molecule has 1 aromatic carbocycles. The minimum absolute atomic E-state index is 0.244. The zero-order valence-corrected chi connectivity index (χ0v) is 9.72. The lowest BCUT2D eigenvalue weighted by Crippen LogP contribution is -2.34. The molecule has 1 heterocycles. The fourth-order valence-corrected chi connectivity index (χ4v) is 2.40. The molecule has 2 unspecified atom stereocenters. The van der Waals surface area contributed by atoms with Gasteiger partial charge in [-0.2, -0.15) is 13.2 Å². The van der Waals surface area contributed by atoms with Crippen LogP contribution in [0.3, 0.4) is 0 Å². The summed E-state index contributed by atoms with van der Waals surface area (Å²) in [6.07, 6.45) is -2.43. The van der Waals surface area contributed by atoms with E-state index in [1.165, 1.54) is 12.1 Å². The number of alkyl halides is 3. The molecule has 94 valence electrons. The Morgan fingerprint density at radius 2 is 2.06 bits per heavy atom. The third-order valence-corrected chi connectivity index (χ3v) is 3.31. The first-order valence-corrected chi connectivity index (χ1v) is 5.87. The Kier molecular flexibility index (Phi) is 3.43. The van der Waals surface area contributed by atoms with Crippen molar-refractivity contribution in [3.05, 3.63) is 35.4 Å². The second-order valence-electron chi connectivity index (χ2n) is 4.70. The largest absolute Gasteiger partial charge is 0.416 e. The van der Waals surface area contributed by atoms with Crippen molar-refractivity contribution in [3.8, 4) is 0 Å². The highest BCUT2D eigenvalue weighted by Crippen LogP contribution is 2.33. The third kappa shape index (κ3) is 3.00. The van der Waals surface area contributed by atoms with Crippen LogP contribution in [0.15, 0.2) is 24.3 Å². The number of rotatable bonds is 1. The van der Waals surface area contributed by atoms with Crippen LogP contribution in [0.2, 0.25) is 0 Å². The van der Waals surface area contributed by atoms with Gasteiger partial charge in [-0.25, -0.2) is 0 Å². The molecule has 1 fully saturated rings. The van der Waals surface area contributed by atoms with E-state index in [-0.39, 0.29) is 5.92 Å². The maximum Gasteiger partial charge on any atom is 0.416 e. The molecular formula is C13H16F3N. The van der Waals surface area contributed by atoms with E-state index >= 15 is 0 Å². The van der Waals surface area contributed by atoms with Gasteiger partial charge in [0, 0.05) is 6.04 Å². The Bertz CT molecular complexity index is 386. The van der Waals surface area contributed by atoms with Gasteiger partial charge in [0.05, 0.1) is 5.56 Å². The summed E-state index contributed by atoms with van der Waals surface area (Å²) in [6.45, 7) is 2.95. The minimum atomic E-state index is -4.24. The van der Waals surface area contributed by atoms with Gasteiger partial charge in [-0.3, -0.25) is 0 Å². The highest BCUT2D eigenvalue weighted by Gasteiger charge is 2.31. The van der Waals surface area contributed by atoms with Crippen molar-refractivity contribution < 1.29 is 13.2 Å². The van der Waals surface area contributed by atoms with Crippen molar-refractivity contribution >= 4 is 0 Å². The predicted octanol–water partition coefficient (Wildman–Crippen LogP) is 3.56. The quantitative estimate of drug-likeness (QED) is 0.795. The molecule has 1 aromatic rings. The highest BCUT2D eigenvalue weighted by molar-refractivity contribution is 5.28. The zero-order valence-electron chi connectivity index (χ0n) is 9.72. The van der Waals surface area contributed by atoms with Gasteiger partial charge in [-0.1, -0.05) is 18.2 Å². The average Bonchev–Trinajstić information content (AvgIpc) is 2.28. The molecule has 2 rings (SSSR count). The smallest absolute Gasteiger partial charge is 0.314 e. The van der Waals surface area contributed by atoms with Crippen LogP contribution in [0, 0.1) is 0 Å². The number of benzene rings is 1. The van der Waals surface area contributed by atoms with Crippen molar-refractivity contribution in [2.24, 2.45) is 0 Å². The van der Waals surface area contributed by atoms with Gasteiger partial charge in [-0.15, -0.1) is 0 Å². The van der Waals surface area contributed by atoms with Crippen molar-refractivity contribution in [1.29, 1.82) is 0 Å². The lowest BCUT2D eigenvalue weighted by molar-refractivity contribution is -0.137. The molecule has 4 heteroatoms. The van der Waals surface area contributed by atoms with Crippen LogP contribution in [0.5, 0.6) is 0 Å². The molecule has 1 N–H and O–H groups in total. The Balaban J connectivity index is 2.21. The lowest BCUT2D eigenvalue weighted by atomic mass is 9.86. The maximum atomic E-state index is 12.6. The van der Waals surface area contributed by atoms with Crippen molar-refractivity contribution in [3.63, 3.8) is 0 Å². The molecule has 0 bridgehead atoms. The van der Waals surface area contributed by atoms with Gasteiger partial charge in [-0.05, 0) is 43.9 Å².